The number of anilines is 2. The number of rotatable bonds is 10. The van der Waals surface area contributed by atoms with Crippen molar-refractivity contribution in [1.29, 1.82) is 0 Å². The quantitative estimate of drug-likeness (QED) is 0.337. The molecule has 33 heavy (non-hydrogen) atoms. The molecule has 180 valence electrons. The Morgan fingerprint density at radius 1 is 0.606 bits per heavy atom. The van der Waals surface area contributed by atoms with Crippen LogP contribution in [0.3, 0.4) is 0 Å². The van der Waals surface area contributed by atoms with E-state index in [1.165, 1.54) is 0 Å². The minimum Gasteiger partial charge on any atom is -0.335 e. The largest absolute Gasteiger partial charge is 0.335 e. The molecule has 0 spiro atoms. The van der Waals surface area contributed by atoms with E-state index in [4.69, 9.17) is 0 Å². The second-order valence-electron chi connectivity index (χ2n) is 9.83. The van der Waals surface area contributed by atoms with E-state index in [1.54, 1.807) is 0 Å². The van der Waals surface area contributed by atoms with E-state index in [2.05, 4.69) is 49.0 Å². The van der Waals surface area contributed by atoms with Crippen LogP contribution in [0.25, 0.3) is 0 Å². The Morgan fingerprint density at radius 3 is 1.24 bits per heavy atom. The first-order chi connectivity index (χ1) is 15.6. The normalized spacial score (nSPS) is 12.8. The zero-order valence-corrected chi connectivity index (χ0v) is 20.9. The first-order valence-electron chi connectivity index (χ1n) is 11.9. The highest BCUT2D eigenvalue weighted by atomic mass is 16.2. The van der Waals surface area contributed by atoms with Gasteiger partial charge in [0.1, 0.15) is 0 Å². The second-order valence-corrected chi connectivity index (χ2v) is 9.83. The van der Waals surface area contributed by atoms with Gasteiger partial charge < -0.3 is 21.3 Å². The highest BCUT2D eigenvalue weighted by Gasteiger charge is 2.10. The summed E-state index contributed by atoms with van der Waals surface area (Å²) < 4.78 is 0. The molecule has 4 N–H and O–H groups in total. The molecule has 0 aliphatic carbocycles. The van der Waals surface area contributed by atoms with E-state index in [9.17, 15) is 9.59 Å². The predicted molar refractivity (Wildman–Crippen MR) is 138 cm³/mol. The molecule has 0 unspecified atom stereocenters. The van der Waals surface area contributed by atoms with Crippen molar-refractivity contribution in [3.05, 3.63) is 59.7 Å². The predicted octanol–water partition coefficient (Wildman–Crippen LogP) is 6.39. The third-order valence-electron chi connectivity index (χ3n) is 5.24. The lowest BCUT2D eigenvalue weighted by Crippen LogP contribution is -2.36. The van der Waals surface area contributed by atoms with Crippen molar-refractivity contribution < 1.29 is 9.59 Å². The molecular weight excluding hydrogens is 412 g/mol. The Bertz CT molecular complexity index is 802. The second kappa shape index (κ2) is 12.9. The molecule has 0 heterocycles. The van der Waals surface area contributed by atoms with Crippen LogP contribution in [0.4, 0.5) is 21.0 Å². The molecule has 0 saturated heterocycles. The summed E-state index contributed by atoms with van der Waals surface area (Å²) in [5.41, 5.74) is 3.83. The van der Waals surface area contributed by atoms with Gasteiger partial charge in [-0.25, -0.2) is 9.59 Å². The Hall–Kier alpha value is -3.02. The van der Waals surface area contributed by atoms with Crippen LogP contribution in [-0.2, 0) is 6.42 Å². The van der Waals surface area contributed by atoms with E-state index in [-0.39, 0.29) is 24.1 Å². The highest BCUT2D eigenvalue weighted by Crippen LogP contribution is 2.16. The molecule has 4 amide bonds. The number of nitrogens with one attached hydrogen (secondary N) is 4. The molecule has 6 heteroatoms. The van der Waals surface area contributed by atoms with Crippen molar-refractivity contribution in [3.8, 4) is 0 Å². The minimum atomic E-state index is -0.179. The average molecular weight is 453 g/mol. The number of carbonyl (C=O) groups excluding carboxylic acids is 2. The molecule has 0 aliphatic rings. The summed E-state index contributed by atoms with van der Waals surface area (Å²) in [5.74, 6) is 1.08. The molecule has 0 saturated carbocycles. The van der Waals surface area contributed by atoms with Crippen LogP contribution >= 0.6 is 0 Å². The summed E-state index contributed by atoms with van der Waals surface area (Å²) in [6.45, 7) is 12.6. The van der Waals surface area contributed by atoms with Gasteiger partial charge in [0, 0.05) is 23.5 Å². The van der Waals surface area contributed by atoms with Gasteiger partial charge in [-0.1, -0.05) is 52.0 Å². The average Bonchev–Trinajstić information content (AvgIpc) is 2.69. The zero-order chi connectivity index (χ0) is 24.4. The highest BCUT2D eigenvalue weighted by molar-refractivity contribution is 5.90. The third kappa shape index (κ3) is 10.4. The van der Waals surface area contributed by atoms with Crippen LogP contribution in [0, 0.1) is 11.8 Å². The summed E-state index contributed by atoms with van der Waals surface area (Å²) in [5, 5.41) is 11.7. The van der Waals surface area contributed by atoms with Gasteiger partial charge in [0.25, 0.3) is 0 Å². The van der Waals surface area contributed by atoms with Crippen molar-refractivity contribution in [1.82, 2.24) is 10.6 Å². The van der Waals surface area contributed by atoms with Crippen molar-refractivity contribution in [2.75, 3.05) is 10.6 Å². The van der Waals surface area contributed by atoms with Crippen LogP contribution in [0.2, 0.25) is 0 Å². The Kier molecular flexibility index (Phi) is 10.2. The van der Waals surface area contributed by atoms with Gasteiger partial charge in [-0.2, -0.15) is 0 Å². The van der Waals surface area contributed by atoms with E-state index in [0.717, 1.165) is 41.8 Å². The summed E-state index contributed by atoms with van der Waals surface area (Å²) in [6.07, 6.45) is 2.67. The molecule has 2 aromatic carbocycles. The summed E-state index contributed by atoms with van der Waals surface area (Å²) >= 11 is 0. The maximum atomic E-state index is 12.1. The molecule has 2 aromatic rings. The Morgan fingerprint density at radius 2 is 0.939 bits per heavy atom. The van der Waals surface area contributed by atoms with Crippen molar-refractivity contribution >= 4 is 23.4 Å². The van der Waals surface area contributed by atoms with Crippen molar-refractivity contribution in [2.45, 2.75) is 72.9 Å². The SMILES string of the molecule is CC(C)C[C@@H](C)NC(=O)Nc1ccc(Cc2ccc(NC(=O)N[C@H](C)CC(C)C)cc2)cc1. The fourth-order valence-electron chi connectivity index (χ4n) is 3.96. The van der Waals surface area contributed by atoms with Crippen LogP contribution in [-0.4, -0.2) is 24.1 Å². The number of hydrogen-bond acceptors (Lipinski definition) is 2. The molecule has 0 fully saturated rings. The lowest BCUT2D eigenvalue weighted by atomic mass is 10.0. The van der Waals surface area contributed by atoms with Crippen molar-refractivity contribution in [2.24, 2.45) is 11.8 Å². The van der Waals surface area contributed by atoms with E-state index in [0.29, 0.717) is 11.8 Å². The number of hydrogen-bond donors (Lipinski definition) is 4. The summed E-state index contributed by atoms with van der Waals surface area (Å²) in [4.78, 5) is 24.3. The molecule has 0 bridgehead atoms. The van der Waals surface area contributed by atoms with Gasteiger partial charge in [0.05, 0.1) is 0 Å². The van der Waals surface area contributed by atoms with Gasteiger partial charge in [0.2, 0.25) is 0 Å². The fraction of sp³-hybridized carbons (Fsp3) is 0.481. The van der Waals surface area contributed by atoms with Gasteiger partial charge in [-0.15, -0.1) is 0 Å². The molecular formula is C27H40N4O2. The lowest BCUT2D eigenvalue weighted by Gasteiger charge is -2.16. The molecule has 2 atom stereocenters. The smallest absolute Gasteiger partial charge is 0.319 e. The topological polar surface area (TPSA) is 82.3 Å². The van der Waals surface area contributed by atoms with E-state index >= 15 is 0 Å². The molecule has 0 radical (unpaired) electrons. The summed E-state index contributed by atoms with van der Waals surface area (Å²) in [6, 6.07) is 15.6. The van der Waals surface area contributed by atoms with E-state index < -0.39 is 0 Å². The minimum absolute atomic E-state index is 0.135. The maximum absolute atomic E-state index is 12.1. The molecule has 2 rings (SSSR count). The van der Waals surface area contributed by atoms with Gasteiger partial charge >= 0.3 is 12.1 Å². The number of urea groups is 2. The fourth-order valence-corrected chi connectivity index (χ4v) is 3.96. The number of benzene rings is 2. The van der Waals surface area contributed by atoms with Crippen LogP contribution in [0.15, 0.2) is 48.5 Å². The van der Waals surface area contributed by atoms with Gasteiger partial charge in [-0.3, -0.25) is 0 Å². The Labute approximate surface area is 198 Å². The monoisotopic (exact) mass is 452 g/mol. The summed E-state index contributed by atoms with van der Waals surface area (Å²) in [7, 11) is 0. The first kappa shape index (κ1) is 26.2. The number of amides is 4. The van der Waals surface area contributed by atoms with Gasteiger partial charge in [-0.05, 0) is 80.3 Å². The van der Waals surface area contributed by atoms with Crippen molar-refractivity contribution in [3.63, 3.8) is 0 Å². The van der Waals surface area contributed by atoms with E-state index in [1.807, 2.05) is 62.4 Å². The Balaban J connectivity index is 1.82. The standard InChI is InChI=1S/C27H40N4O2/c1-18(2)15-20(5)28-26(32)30-24-11-7-22(8-12-24)17-23-9-13-25(14-10-23)31-27(33)29-21(6)16-19(3)4/h7-14,18-21H,15-17H2,1-6H3,(H2,28,30,32)(H2,29,31,33)/t20-,21-/m1/s1. The van der Waals surface area contributed by atoms with Crippen LogP contribution in [0.5, 0.6) is 0 Å². The molecule has 0 aromatic heterocycles. The third-order valence-corrected chi connectivity index (χ3v) is 5.24. The first-order valence-corrected chi connectivity index (χ1v) is 11.9. The zero-order valence-electron chi connectivity index (χ0n) is 20.9. The lowest BCUT2D eigenvalue weighted by molar-refractivity contribution is 0.246. The van der Waals surface area contributed by atoms with Crippen LogP contribution in [0.1, 0.15) is 65.5 Å². The molecule has 6 nitrogen and oxygen atoms in total. The van der Waals surface area contributed by atoms with Gasteiger partial charge in [0.15, 0.2) is 0 Å². The van der Waals surface area contributed by atoms with Crippen LogP contribution < -0.4 is 21.3 Å². The maximum Gasteiger partial charge on any atom is 0.319 e. The molecule has 0 aliphatic heterocycles. The number of carbonyl (C=O) groups is 2.